The van der Waals surface area contributed by atoms with Crippen LogP contribution in [0.4, 0.5) is 0 Å². The number of aryl methyl sites for hydroxylation is 1. The molecule has 82 valence electrons. The van der Waals surface area contributed by atoms with Crippen molar-refractivity contribution in [1.29, 1.82) is 0 Å². The van der Waals surface area contributed by atoms with Gasteiger partial charge in [0, 0.05) is 12.4 Å². The van der Waals surface area contributed by atoms with E-state index in [9.17, 15) is 9.59 Å². The highest BCUT2D eigenvalue weighted by Crippen LogP contribution is 2.25. The van der Waals surface area contributed by atoms with Crippen molar-refractivity contribution in [1.82, 2.24) is 9.78 Å². The van der Waals surface area contributed by atoms with Crippen molar-refractivity contribution in [3.63, 3.8) is 0 Å². The number of nitrogens with zero attached hydrogens (tertiary/aromatic N) is 2. The number of carboxylic acids is 1. The zero-order valence-electron chi connectivity index (χ0n) is 8.27. The normalized spacial score (nSPS) is 10.6. The second-order valence-corrected chi connectivity index (χ2v) is 3.61. The van der Waals surface area contributed by atoms with Gasteiger partial charge in [-0.3, -0.25) is 9.48 Å². The molecule has 1 aromatic heterocycles. The van der Waals surface area contributed by atoms with E-state index in [4.69, 9.17) is 16.7 Å². The fourth-order valence-electron chi connectivity index (χ4n) is 1.59. The fourth-order valence-corrected chi connectivity index (χ4v) is 1.86. The monoisotopic (exact) mass is 238 g/mol. The molecule has 1 heterocycles. The lowest BCUT2D eigenvalue weighted by Gasteiger charge is -2.00. The first-order valence-electron chi connectivity index (χ1n) is 4.41. The van der Waals surface area contributed by atoms with Crippen molar-refractivity contribution in [2.75, 3.05) is 0 Å². The molecule has 0 atom stereocenters. The van der Waals surface area contributed by atoms with Crippen LogP contribution in [0.25, 0.3) is 10.9 Å². The maximum Gasteiger partial charge on any atom is 0.377 e. The molecule has 0 bridgehead atoms. The van der Waals surface area contributed by atoms with Gasteiger partial charge in [0.05, 0.1) is 11.1 Å². The molecule has 2 rings (SSSR count). The van der Waals surface area contributed by atoms with Crippen LogP contribution in [-0.2, 0) is 11.8 Å². The molecule has 0 unspecified atom stereocenters. The van der Waals surface area contributed by atoms with E-state index in [-0.39, 0.29) is 10.7 Å². The van der Waals surface area contributed by atoms with Gasteiger partial charge in [0.15, 0.2) is 5.15 Å². The van der Waals surface area contributed by atoms with Gasteiger partial charge in [-0.25, -0.2) is 4.79 Å². The van der Waals surface area contributed by atoms with Gasteiger partial charge >= 0.3 is 5.97 Å². The number of carbonyl (C=O) groups excluding carboxylic acids is 1. The molecule has 6 heteroatoms. The highest BCUT2D eigenvalue weighted by molar-refractivity contribution is 6.43. The number of fused-ring (bicyclic) bond motifs is 1. The molecule has 1 aromatic carbocycles. The molecule has 0 radical (unpaired) electrons. The van der Waals surface area contributed by atoms with Crippen molar-refractivity contribution in [3.05, 3.63) is 28.9 Å². The second-order valence-electron chi connectivity index (χ2n) is 3.25. The summed E-state index contributed by atoms with van der Waals surface area (Å²) in [6, 6.07) is 4.70. The number of rotatable bonds is 2. The van der Waals surface area contributed by atoms with E-state index in [1.165, 1.54) is 10.7 Å². The molecule has 0 saturated heterocycles. The number of halogens is 1. The van der Waals surface area contributed by atoms with Crippen LogP contribution in [0.2, 0.25) is 5.15 Å². The molecule has 0 fully saturated rings. The number of hydrogen-bond donors (Lipinski definition) is 1. The maximum absolute atomic E-state index is 11.4. The van der Waals surface area contributed by atoms with Crippen molar-refractivity contribution in [2.24, 2.45) is 7.05 Å². The van der Waals surface area contributed by atoms with Crippen LogP contribution in [-0.4, -0.2) is 26.6 Å². The highest BCUT2D eigenvalue weighted by atomic mass is 35.5. The third kappa shape index (κ3) is 1.45. The van der Waals surface area contributed by atoms with Gasteiger partial charge in [0.2, 0.25) is 0 Å². The number of carbonyl (C=O) groups is 2. The molecule has 0 aliphatic heterocycles. The Kier molecular flexibility index (Phi) is 2.40. The molecule has 0 spiro atoms. The molecule has 0 aliphatic carbocycles. The molecule has 0 amide bonds. The lowest BCUT2D eigenvalue weighted by Crippen LogP contribution is -2.14. The average Bonchev–Trinajstić information content (AvgIpc) is 2.54. The van der Waals surface area contributed by atoms with Gasteiger partial charge < -0.3 is 5.11 Å². The van der Waals surface area contributed by atoms with Crippen molar-refractivity contribution >= 4 is 34.3 Å². The van der Waals surface area contributed by atoms with Gasteiger partial charge in [0.1, 0.15) is 0 Å². The number of hydrogen-bond acceptors (Lipinski definition) is 3. The Balaban J connectivity index is 2.80. The van der Waals surface area contributed by atoms with Crippen LogP contribution >= 0.6 is 11.6 Å². The number of aliphatic carboxylic acids is 1. The number of para-hydroxylation sites is 1. The van der Waals surface area contributed by atoms with Gasteiger partial charge in [-0.1, -0.05) is 17.7 Å². The highest BCUT2D eigenvalue weighted by Gasteiger charge is 2.20. The summed E-state index contributed by atoms with van der Waals surface area (Å²) in [4.78, 5) is 22.1. The summed E-state index contributed by atoms with van der Waals surface area (Å²) < 4.78 is 1.40. The summed E-state index contributed by atoms with van der Waals surface area (Å²) in [5, 5.41) is 13.4. The Labute approximate surface area is 95.2 Å². The van der Waals surface area contributed by atoms with Crippen LogP contribution < -0.4 is 0 Å². The first-order valence-corrected chi connectivity index (χ1v) is 4.79. The number of carboxylic acid groups (broad SMARTS) is 1. The average molecular weight is 239 g/mol. The first kappa shape index (κ1) is 10.6. The lowest BCUT2D eigenvalue weighted by molar-refractivity contribution is -0.131. The van der Waals surface area contributed by atoms with Gasteiger partial charge in [0.25, 0.3) is 5.78 Å². The van der Waals surface area contributed by atoms with E-state index in [0.29, 0.717) is 10.9 Å². The Morgan fingerprint density at radius 3 is 2.75 bits per heavy atom. The van der Waals surface area contributed by atoms with Crippen molar-refractivity contribution in [2.45, 2.75) is 0 Å². The number of Topliss-reactive ketones (excluding diaryl/α,β-unsaturated/α-hetero) is 1. The third-order valence-corrected chi connectivity index (χ3v) is 2.54. The molecule has 16 heavy (non-hydrogen) atoms. The third-order valence-electron chi connectivity index (χ3n) is 2.26. The zero-order chi connectivity index (χ0) is 11.9. The maximum atomic E-state index is 11.4. The Morgan fingerprint density at radius 1 is 1.44 bits per heavy atom. The van der Waals surface area contributed by atoms with E-state index < -0.39 is 11.8 Å². The minimum Gasteiger partial charge on any atom is -0.475 e. The van der Waals surface area contributed by atoms with Crippen LogP contribution in [0, 0.1) is 0 Å². The molecular weight excluding hydrogens is 232 g/mol. The fraction of sp³-hybridized carbons (Fsp3) is 0.100. The molecule has 0 saturated carbocycles. The predicted molar refractivity (Wildman–Crippen MR) is 57.7 cm³/mol. The minimum absolute atomic E-state index is 0.0897. The number of benzene rings is 1. The summed E-state index contributed by atoms with van der Waals surface area (Å²) in [5.74, 6) is -2.46. The van der Waals surface area contributed by atoms with Crippen LogP contribution in [0.3, 0.4) is 0 Å². The van der Waals surface area contributed by atoms with E-state index >= 15 is 0 Å². The predicted octanol–water partition coefficient (Wildman–Crippen LogP) is 1.49. The van der Waals surface area contributed by atoms with Crippen molar-refractivity contribution in [3.8, 4) is 0 Å². The Bertz CT molecular complexity index is 603. The molecule has 5 nitrogen and oxygen atoms in total. The van der Waals surface area contributed by atoms with Gasteiger partial charge in [-0.05, 0) is 12.1 Å². The van der Waals surface area contributed by atoms with Crippen molar-refractivity contribution < 1.29 is 14.7 Å². The SMILES string of the molecule is Cn1nc(Cl)c2cccc(C(=O)C(=O)O)c21. The van der Waals surface area contributed by atoms with Gasteiger partial charge in [-0.15, -0.1) is 0 Å². The topological polar surface area (TPSA) is 72.2 Å². The Hall–Kier alpha value is -1.88. The smallest absolute Gasteiger partial charge is 0.377 e. The largest absolute Gasteiger partial charge is 0.475 e. The van der Waals surface area contributed by atoms with Crippen LogP contribution in [0.5, 0.6) is 0 Å². The summed E-state index contributed by atoms with van der Waals surface area (Å²) in [6.45, 7) is 0. The standard InChI is InChI=1S/C10H7ClN2O3/c1-13-7-5(8(14)10(15)16)3-2-4-6(7)9(11)12-13/h2-4H,1H3,(H,15,16). The summed E-state index contributed by atoms with van der Waals surface area (Å²) in [6.07, 6.45) is 0. The first-order chi connectivity index (χ1) is 7.52. The van der Waals surface area contributed by atoms with Crippen LogP contribution in [0.15, 0.2) is 18.2 Å². The Morgan fingerprint density at radius 2 is 2.12 bits per heavy atom. The number of ketones is 1. The van der Waals surface area contributed by atoms with E-state index in [1.54, 1.807) is 19.2 Å². The van der Waals surface area contributed by atoms with E-state index in [1.807, 2.05) is 0 Å². The zero-order valence-corrected chi connectivity index (χ0v) is 9.02. The molecule has 1 N–H and O–H groups in total. The summed E-state index contributed by atoms with van der Waals surface area (Å²) in [5.41, 5.74) is 0.520. The molecular formula is C10H7ClN2O3. The van der Waals surface area contributed by atoms with E-state index in [2.05, 4.69) is 5.10 Å². The summed E-state index contributed by atoms with van der Waals surface area (Å²) >= 11 is 5.84. The summed E-state index contributed by atoms with van der Waals surface area (Å²) in [7, 11) is 1.60. The quantitative estimate of drug-likeness (QED) is 0.636. The van der Waals surface area contributed by atoms with E-state index in [0.717, 1.165) is 0 Å². The minimum atomic E-state index is -1.50. The lowest BCUT2D eigenvalue weighted by atomic mass is 10.1. The van der Waals surface area contributed by atoms with Gasteiger partial charge in [-0.2, -0.15) is 5.10 Å². The molecule has 0 aliphatic rings. The second kappa shape index (κ2) is 3.61. The van der Waals surface area contributed by atoms with Crippen LogP contribution in [0.1, 0.15) is 10.4 Å². The number of aromatic nitrogens is 2. The molecule has 2 aromatic rings.